The molecule has 2 amide bonds. The van der Waals surface area contributed by atoms with E-state index in [1.165, 1.54) is 0 Å². The van der Waals surface area contributed by atoms with Gasteiger partial charge in [0.15, 0.2) is 0 Å². The summed E-state index contributed by atoms with van der Waals surface area (Å²) in [6.07, 6.45) is 1.76. The number of aromatic nitrogens is 1. The Balaban J connectivity index is 0.931. The third kappa shape index (κ3) is 6.04. The summed E-state index contributed by atoms with van der Waals surface area (Å²) < 4.78 is 12.0. The second kappa shape index (κ2) is 11.9. The molecule has 49 heavy (non-hydrogen) atoms. The van der Waals surface area contributed by atoms with Crippen molar-refractivity contribution >= 4 is 23.6 Å². The molecule has 2 unspecified atom stereocenters. The van der Waals surface area contributed by atoms with Gasteiger partial charge in [-0.3, -0.25) is 9.69 Å². The molecule has 10 heteroatoms. The van der Waals surface area contributed by atoms with Gasteiger partial charge in [-0.1, -0.05) is 45.2 Å². The molecule has 2 aliphatic carbocycles. The van der Waals surface area contributed by atoms with Crippen LogP contribution in [-0.2, 0) is 11.3 Å². The molecular formula is C39H46ClN5O4. The van der Waals surface area contributed by atoms with Gasteiger partial charge in [-0.15, -0.1) is 0 Å². The number of hydrogen-bond donors (Lipinski definition) is 0. The SMILES string of the molecule is CC(C)(C)OC(=O)N1CC2CN(C3CC(C#Cc4ccc5c(n4)CN([C@H]4C(C)(C)[C@H](Oc6ccc(C#N)c(Cl)c6)C4(C)C)C5=O)C3)CC2C1. The van der Waals surface area contributed by atoms with Gasteiger partial charge >= 0.3 is 6.09 Å². The minimum absolute atomic E-state index is 0.000503. The monoisotopic (exact) mass is 683 g/mol. The van der Waals surface area contributed by atoms with Crippen molar-refractivity contribution in [3.8, 4) is 23.7 Å². The maximum Gasteiger partial charge on any atom is 0.410 e. The highest BCUT2D eigenvalue weighted by molar-refractivity contribution is 6.31. The second-order valence-corrected chi connectivity index (χ2v) is 17.3. The van der Waals surface area contributed by atoms with Crippen molar-refractivity contribution in [2.45, 2.75) is 91.6 Å². The Kier molecular flexibility index (Phi) is 8.20. The van der Waals surface area contributed by atoms with E-state index in [1.807, 2.05) is 42.7 Å². The van der Waals surface area contributed by atoms with Crippen molar-refractivity contribution in [1.29, 1.82) is 5.26 Å². The molecule has 2 saturated heterocycles. The number of carbonyl (C=O) groups excluding carboxylic acids is 2. The van der Waals surface area contributed by atoms with Crippen LogP contribution >= 0.6 is 11.6 Å². The average molecular weight is 684 g/mol. The first kappa shape index (κ1) is 33.7. The molecule has 9 nitrogen and oxygen atoms in total. The third-order valence-electron chi connectivity index (χ3n) is 11.4. The highest BCUT2D eigenvalue weighted by Crippen LogP contribution is 2.59. The van der Waals surface area contributed by atoms with E-state index in [4.69, 9.17) is 26.1 Å². The van der Waals surface area contributed by atoms with Crippen LogP contribution < -0.4 is 4.74 Å². The number of rotatable bonds is 4. The van der Waals surface area contributed by atoms with Crippen LogP contribution in [0.5, 0.6) is 5.75 Å². The first-order chi connectivity index (χ1) is 23.0. The van der Waals surface area contributed by atoms with Crippen molar-refractivity contribution in [1.82, 2.24) is 19.7 Å². The van der Waals surface area contributed by atoms with Gasteiger partial charge in [-0.25, -0.2) is 9.78 Å². The van der Waals surface area contributed by atoms with Crippen molar-refractivity contribution in [3.05, 3.63) is 57.9 Å². The standard InChI is InChI=1S/C39H46ClN5O4/c1-37(2,3)49-36(47)44-20-25-18-43(19-26(25)21-44)28-14-23(15-28)8-10-27-11-13-30-32(42-27)22-45(33(30)46)34-38(4,5)35(39(34,6)7)48-29-12-9-24(17-41)31(40)16-29/h9,11-13,16,23,25-26,28,34-35H,14-15,18-22H2,1-7H3/t23?,25?,26?,28?,34-,35-. The molecule has 2 atom stereocenters. The van der Waals surface area contributed by atoms with Crippen LogP contribution in [0, 0.1) is 51.8 Å². The van der Waals surface area contributed by atoms with Crippen molar-refractivity contribution in [2.75, 3.05) is 26.2 Å². The molecule has 0 bridgehead atoms. The van der Waals surface area contributed by atoms with Crippen LogP contribution in [0.25, 0.3) is 0 Å². The van der Waals surface area contributed by atoms with E-state index in [1.54, 1.807) is 18.2 Å². The van der Waals surface area contributed by atoms with Gasteiger partial charge in [-0.2, -0.15) is 5.26 Å². The van der Waals surface area contributed by atoms with Crippen LogP contribution in [0.1, 0.15) is 88.6 Å². The van der Waals surface area contributed by atoms with E-state index in [9.17, 15) is 14.9 Å². The number of pyridine rings is 1. The molecule has 0 spiro atoms. The number of likely N-dealkylation sites (tertiary alicyclic amines) is 2. The van der Waals surface area contributed by atoms with E-state index in [-0.39, 0.29) is 35.0 Å². The minimum atomic E-state index is -0.466. The number of carbonyl (C=O) groups is 2. The van der Waals surface area contributed by atoms with Gasteiger partial charge in [0, 0.05) is 61.1 Å². The maximum absolute atomic E-state index is 13.7. The first-order valence-electron chi connectivity index (χ1n) is 17.5. The summed E-state index contributed by atoms with van der Waals surface area (Å²) in [6.45, 7) is 18.4. The highest BCUT2D eigenvalue weighted by atomic mass is 35.5. The molecule has 3 aliphatic heterocycles. The predicted molar refractivity (Wildman–Crippen MR) is 186 cm³/mol. The van der Waals surface area contributed by atoms with E-state index in [0.717, 1.165) is 44.7 Å². The fourth-order valence-corrected chi connectivity index (χ4v) is 9.69. The number of amides is 2. The lowest BCUT2D eigenvalue weighted by atomic mass is 9.49. The van der Waals surface area contributed by atoms with Crippen molar-refractivity contribution in [2.24, 2.45) is 28.6 Å². The fourth-order valence-electron chi connectivity index (χ4n) is 9.48. The minimum Gasteiger partial charge on any atom is -0.489 e. The van der Waals surface area contributed by atoms with Crippen molar-refractivity contribution < 1.29 is 19.1 Å². The Morgan fingerprint density at radius 3 is 2.31 bits per heavy atom. The summed E-state index contributed by atoms with van der Waals surface area (Å²) in [5, 5.41) is 9.59. The molecule has 7 rings (SSSR count). The lowest BCUT2D eigenvalue weighted by Gasteiger charge is -2.65. The second-order valence-electron chi connectivity index (χ2n) is 16.9. The van der Waals surface area contributed by atoms with Crippen LogP contribution in [0.15, 0.2) is 30.3 Å². The molecule has 2 saturated carbocycles. The summed E-state index contributed by atoms with van der Waals surface area (Å²) in [6, 6.07) is 11.5. The quantitative estimate of drug-likeness (QED) is 0.345. The molecule has 5 aliphatic rings. The normalized spacial score (nSPS) is 29.6. The van der Waals surface area contributed by atoms with Gasteiger partial charge in [-0.05, 0) is 75.6 Å². The number of benzene rings is 1. The number of nitriles is 1. The van der Waals surface area contributed by atoms with Gasteiger partial charge in [0.1, 0.15) is 29.2 Å². The van der Waals surface area contributed by atoms with Crippen LogP contribution in [0.3, 0.4) is 0 Å². The summed E-state index contributed by atoms with van der Waals surface area (Å²) in [4.78, 5) is 37.5. The van der Waals surface area contributed by atoms with E-state index in [0.29, 0.717) is 57.9 Å². The molecule has 1 aromatic heterocycles. The lowest BCUT2D eigenvalue weighted by molar-refractivity contribution is -0.199. The molecule has 0 N–H and O–H groups in total. The number of fused-ring (bicyclic) bond motifs is 2. The lowest BCUT2D eigenvalue weighted by Crippen LogP contribution is -2.74. The zero-order valence-electron chi connectivity index (χ0n) is 29.5. The fraction of sp³-hybridized carbons (Fsp3) is 0.590. The van der Waals surface area contributed by atoms with Crippen LogP contribution in [-0.4, -0.2) is 81.7 Å². The molecular weight excluding hydrogens is 638 g/mol. The Morgan fingerprint density at radius 2 is 1.69 bits per heavy atom. The van der Waals surface area contributed by atoms with Crippen LogP contribution in [0.2, 0.25) is 5.02 Å². The van der Waals surface area contributed by atoms with Crippen LogP contribution in [0.4, 0.5) is 4.79 Å². The molecule has 4 heterocycles. The topological polar surface area (TPSA) is 99.0 Å². The molecule has 0 radical (unpaired) electrons. The Bertz CT molecular complexity index is 1760. The summed E-state index contributed by atoms with van der Waals surface area (Å²) in [5.41, 5.74) is 1.41. The largest absolute Gasteiger partial charge is 0.489 e. The van der Waals surface area contributed by atoms with Gasteiger partial charge < -0.3 is 19.3 Å². The maximum atomic E-state index is 13.7. The molecule has 2 aromatic rings. The Hall–Kier alpha value is -3.79. The van der Waals surface area contributed by atoms with Gasteiger partial charge in [0.05, 0.1) is 28.4 Å². The summed E-state index contributed by atoms with van der Waals surface area (Å²) >= 11 is 6.27. The number of hydrogen-bond acceptors (Lipinski definition) is 7. The molecule has 4 fully saturated rings. The molecule has 1 aromatic carbocycles. The van der Waals surface area contributed by atoms with Gasteiger partial charge in [0.25, 0.3) is 5.91 Å². The molecule has 258 valence electrons. The first-order valence-corrected chi connectivity index (χ1v) is 17.8. The average Bonchev–Trinajstić information content (AvgIpc) is 3.66. The zero-order valence-corrected chi connectivity index (χ0v) is 30.3. The smallest absolute Gasteiger partial charge is 0.410 e. The van der Waals surface area contributed by atoms with E-state index < -0.39 is 5.60 Å². The summed E-state index contributed by atoms with van der Waals surface area (Å²) in [7, 11) is 0. The number of nitrogens with zero attached hydrogens (tertiary/aromatic N) is 5. The van der Waals surface area contributed by atoms with Gasteiger partial charge in [0.2, 0.25) is 0 Å². The number of ether oxygens (including phenoxy) is 2. The van der Waals surface area contributed by atoms with E-state index in [2.05, 4.69) is 50.5 Å². The van der Waals surface area contributed by atoms with E-state index >= 15 is 0 Å². The Morgan fingerprint density at radius 1 is 1.02 bits per heavy atom. The zero-order chi connectivity index (χ0) is 35.0. The highest BCUT2D eigenvalue weighted by Gasteiger charge is 2.67. The predicted octanol–water partition coefficient (Wildman–Crippen LogP) is 6.37. The summed E-state index contributed by atoms with van der Waals surface area (Å²) in [5.74, 6) is 8.77. The van der Waals surface area contributed by atoms with Crippen molar-refractivity contribution in [3.63, 3.8) is 0 Å². The Labute approximate surface area is 294 Å². The number of halogens is 1. The third-order valence-corrected chi connectivity index (χ3v) is 11.7.